The third-order valence-corrected chi connectivity index (χ3v) is 2.16. The summed E-state index contributed by atoms with van der Waals surface area (Å²) < 4.78 is 4.74. The molecule has 0 aromatic rings. The van der Waals surface area contributed by atoms with Gasteiger partial charge in [-0.15, -0.1) is 0 Å². The standard InChI is InChI=1S/C13H25NO3/c1-5-17-12(15)7-6-8-14-10-13(4,16)9-11(2)3/h6-7,11,14,16H,5,8-10H2,1-4H3/b7-6+. The molecule has 0 aliphatic carbocycles. The first-order valence-electron chi connectivity index (χ1n) is 6.14. The molecule has 2 N–H and O–H groups in total. The molecule has 4 nitrogen and oxygen atoms in total. The minimum Gasteiger partial charge on any atom is -0.463 e. The average Bonchev–Trinajstić information content (AvgIpc) is 2.15. The van der Waals surface area contributed by atoms with Crippen molar-refractivity contribution in [3.8, 4) is 0 Å². The second-order valence-corrected chi connectivity index (χ2v) is 4.88. The molecule has 0 heterocycles. The van der Waals surface area contributed by atoms with Crippen molar-refractivity contribution in [3.63, 3.8) is 0 Å². The fourth-order valence-electron chi connectivity index (χ4n) is 1.72. The maximum absolute atomic E-state index is 11.0. The van der Waals surface area contributed by atoms with Gasteiger partial charge >= 0.3 is 5.97 Å². The van der Waals surface area contributed by atoms with E-state index in [0.29, 0.717) is 25.6 Å². The van der Waals surface area contributed by atoms with Gasteiger partial charge in [0.05, 0.1) is 12.2 Å². The topological polar surface area (TPSA) is 58.6 Å². The van der Waals surface area contributed by atoms with E-state index >= 15 is 0 Å². The Bertz CT molecular complexity index is 247. The minimum atomic E-state index is -0.702. The average molecular weight is 243 g/mol. The first kappa shape index (κ1) is 16.1. The van der Waals surface area contributed by atoms with Crippen molar-refractivity contribution in [1.82, 2.24) is 5.32 Å². The molecule has 0 rings (SSSR count). The van der Waals surface area contributed by atoms with Gasteiger partial charge in [0.15, 0.2) is 0 Å². The van der Waals surface area contributed by atoms with E-state index in [1.165, 1.54) is 6.08 Å². The summed E-state index contributed by atoms with van der Waals surface area (Å²) in [7, 11) is 0. The predicted molar refractivity (Wildman–Crippen MR) is 68.7 cm³/mol. The highest BCUT2D eigenvalue weighted by atomic mass is 16.5. The van der Waals surface area contributed by atoms with Crippen molar-refractivity contribution in [3.05, 3.63) is 12.2 Å². The Balaban J connectivity index is 3.73. The molecular weight excluding hydrogens is 218 g/mol. The number of carbonyl (C=O) groups excluding carboxylic acids is 1. The van der Waals surface area contributed by atoms with Gasteiger partial charge in [-0.05, 0) is 26.2 Å². The Morgan fingerprint density at radius 1 is 1.53 bits per heavy atom. The van der Waals surface area contributed by atoms with E-state index in [2.05, 4.69) is 19.2 Å². The number of hydrogen-bond donors (Lipinski definition) is 2. The van der Waals surface area contributed by atoms with Crippen LogP contribution in [0.15, 0.2) is 12.2 Å². The lowest BCUT2D eigenvalue weighted by Crippen LogP contribution is -2.39. The van der Waals surface area contributed by atoms with Crippen LogP contribution in [0, 0.1) is 5.92 Å². The zero-order valence-electron chi connectivity index (χ0n) is 11.3. The van der Waals surface area contributed by atoms with Gasteiger partial charge < -0.3 is 15.2 Å². The van der Waals surface area contributed by atoms with Gasteiger partial charge in [-0.3, -0.25) is 0 Å². The molecule has 0 radical (unpaired) electrons. The zero-order valence-corrected chi connectivity index (χ0v) is 11.3. The Labute approximate surface area is 104 Å². The number of hydrogen-bond acceptors (Lipinski definition) is 4. The molecule has 0 saturated carbocycles. The summed E-state index contributed by atoms with van der Waals surface area (Å²) >= 11 is 0. The summed E-state index contributed by atoms with van der Waals surface area (Å²) in [5.74, 6) is 0.130. The highest BCUT2D eigenvalue weighted by molar-refractivity contribution is 5.81. The van der Waals surface area contributed by atoms with Crippen molar-refractivity contribution < 1.29 is 14.6 Å². The van der Waals surface area contributed by atoms with Gasteiger partial charge in [-0.2, -0.15) is 0 Å². The molecule has 0 spiro atoms. The normalized spacial score (nSPS) is 15.2. The molecule has 100 valence electrons. The van der Waals surface area contributed by atoms with E-state index < -0.39 is 5.60 Å². The molecule has 1 atom stereocenters. The van der Waals surface area contributed by atoms with Gasteiger partial charge in [-0.25, -0.2) is 4.79 Å². The second kappa shape index (κ2) is 8.25. The van der Waals surface area contributed by atoms with Crippen LogP contribution in [-0.4, -0.2) is 36.4 Å². The van der Waals surface area contributed by atoms with E-state index in [0.717, 1.165) is 6.42 Å². The van der Waals surface area contributed by atoms with E-state index in [1.54, 1.807) is 13.0 Å². The SMILES string of the molecule is CCOC(=O)/C=C/CNCC(C)(O)CC(C)C. The summed E-state index contributed by atoms with van der Waals surface area (Å²) in [6, 6.07) is 0. The van der Waals surface area contributed by atoms with E-state index in [1.807, 2.05) is 6.92 Å². The van der Waals surface area contributed by atoms with Crippen LogP contribution in [-0.2, 0) is 9.53 Å². The molecular formula is C13H25NO3. The fourth-order valence-corrected chi connectivity index (χ4v) is 1.72. The molecule has 0 aliphatic heterocycles. The first-order valence-corrected chi connectivity index (χ1v) is 6.14. The van der Waals surface area contributed by atoms with Crippen LogP contribution in [0.25, 0.3) is 0 Å². The Morgan fingerprint density at radius 2 is 2.18 bits per heavy atom. The van der Waals surface area contributed by atoms with Gasteiger partial charge in [0, 0.05) is 19.2 Å². The quantitative estimate of drug-likeness (QED) is 0.385. The van der Waals surface area contributed by atoms with Gasteiger partial charge in [-0.1, -0.05) is 19.9 Å². The number of carbonyl (C=O) groups is 1. The summed E-state index contributed by atoms with van der Waals surface area (Å²) in [5, 5.41) is 13.1. The van der Waals surface area contributed by atoms with Crippen molar-refractivity contribution in [2.24, 2.45) is 5.92 Å². The monoisotopic (exact) mass is 243 g/mol. The molecule has 0 aliphatic rings. The Morgan fingerprint density at radius 3 is 2.71 bits per heavy atom. The number of rotatable bonds is 8. The molecule has 0 aromatic carbocycles. The van der Waals surface area contributed by atoms with Gasteiger partial charge in [0.25, 0.3) is 0 Å². The highest BCUT2D eigenvalue weighted by Crippen LogP contribution is 2.14. The van der Waals surface area contributed by atoms with E-state index in [-0.39, 0.29) is 5.97 Å². The first-order chi connectivity index (χ1) is 7.87. The van der Waals surface area contributed by atoms with Crippen molar-refractivity contribution in [2.45, 2.75) is 39.7 Å². The lowest BCUT2D eigenvalue weighted by atomic mass is 9.94. The molecule has 4 heteroatoms. The van der Waals surface area contributed by atoms with Crippen LogP contribution >= 0.6 is 0 Å². The minimum absolute atomic E-state index is 0.330. The number of esters is 1. The van der Waals surface area contributed by atoms with Crippen LogP contribution in [0.1, 0.15) is 34.1 Å². The Hall–Kier alpha value is -0.870. The number of aliphatic hydroxyl groups is 1. The third-order valence-electron chi connectivity index (χ3n) is 2.16. The molecule has 1 unspecified atom stereocenters. The summed E-state index contributed by atoms with van der Waals surface area (Å²) in [5.41, 5.74) is -0.702. The predicted octanol–water partition coefficient (Wildman–Crippen LogP) is 1.49. The molecule has 0 fully saturated rings. The number of nitrogens with one attached hydrogen (secondary N) is 1. The number of ether oxygens (including phenoxy) is 1. The smallest absolute Gasteiger partial charge is 0.330 e. The van der Waals surface area contributed by atoms with Gasteiger partial charge in [0.2, 0.25) is 0 Å². The summed E-state index contributed by atoms with van der Waals surface area (Å²) in [6.45, 7) is 9.19. The maximum Gasteiger partial charge on any atom is 0.330 e. The van der Waals surface area contributed by atoms with Crippen molar-refractivity contribution in [2.75, 3.05) is 19.7 Å². The van der Waals surface area contributed by atoms with Crippen LogP contribution in [0.4, 0.5) is 0 Å². The second-order valence-electron chi connectivity index (χ2n) is 4.88. The van der Waals surface area contributed by atoms with Gasteiger partial charge in [0.1, 0.15) is 0 Å². The van der Waals surface area contributed by atoms with E-state index in [9.17, 15) is 9.90 Å². The Kier molecular flexibility index (Phi) is 7.83. The highest BCUT2D eigenvalue weighted by Gasteiger charge is 2.20. The largest absolute Gasteiger partial charge is 0.463 e. The summed E-state index contributed by atoms with van der Waals surface area (Å²) in [6.07, 6.45) is 3.85. The molecule has 0 aromatic heterocycles. The third kappa shape index (κ3) is 10.0. The summed E-state index contributed by atoms with van der Waals surface area (Å²) in [4.78, 5) is 11.0. The lowest BCUT2D eigenvalue weighted by Gasteiger charge is -2.25. The lowest BCUT2D eigenvalue weighted by molar-refractivity contribution is -0.137. The maximum atomic E-state index is 11.0. The van der Waals surface area contributed by atoms with Crippen LogP contribution in [0.2, 0.25) is 0 Å². The van der Waals surface area contributed by atoms with Crippen LogP contribution in [0.3, 0.4) is 0 Å². The van der Waals surface area contributed by atoms with Crippen molar-refractivity contribution >= 4 is 5.97 Å². The molecule has 17 heavy (non-hydrogen) atoms. The van der Waals surface area contributed by atoms with Crippen molar-refractivity contribution in [1.29, 1.82) is 0 Å². The molecule has 0 saturated heterocycles. The molecule has 0 bridgehead atoms. The molecule has 0 amide bonds. The van der Waals surface area contributed by atoms with Crippen LogP contribution < -0.4 is 5.32 Å². The van der Waals surface area contributed by atoms with E-state index in [4.69, 9.17) is 4.74 Å². The fraction of sp³-hybridized carbons (Fsp3) is 0.769. The van der Waals surface area contributed by atoms with Crippen LogP contribution in [0.5, 0.6) is 0 Å². The zero-order chi connectivity index (χ0) is 13.3.